The van der Waals surface area contributed by atoms with Crippen LogP contribution < -0.4 is 0 Å². The van der Waals surface area contributed by atoms with E-state index in [0.29, 0.717) is 18.4 Å². The molecule has 0 aliphatic heterocycles. The lowest BCUT2D eigenvalue weighted by molar-refractivity contribution is -0.194. The van der Waals surface area contributed by atoms with Gasteiger partial charge in [0.25, 0.3) is 0 Å². The monoisotopic (exact) mass is 362 g/mol. The minimum absolute atomic E-state index is 0.101. The number of hydrogen-bond acceptors (Lipinski definition) is 5. The zero-order valence-electron chi connectivity index (χ0n) is 15.1. The van der Waals surface area contributed by atoms with E-state index in [4.69, 9.17) is 0 Å². The van der Waals surface area contributed by atoms with Crippen LogP contribution in [0.2, 0.25) is 0 Å². The van der Waals surface area contributed by atoms with E-state index in [1.807, 2.05) is 6.92 Å². The number of rotatable bonds is 1. The number of aliphatic hydroxyl groups is 3. The van der Waals surface area contributed by atoms with Crippen molar-refractivity contribution in [1.82, 2.24) is 0 Å². The maximum atomic E-state index is 11.8. The van der Waals surface area contributed by atoms with Gasteiger partial charge in [0.1, 0.15) is 0 Å². The molecular weight excluding hydrogens is 336 g/mol. The van der Waals surface area contributed by atoms with Gasteiger partial charge in [-0.25, -0.2) is 4.79 Å². The minimum Gasteiger partial charge on any atom is -0.479 e. The summed E-state index contributed by atoms with van der Waals surface area (Å²) in [6, 6.07) is 0. The summed E-state index contributed by atoms with van der Waals surface area (Å²) >= 11 is 0. The Morgan fingerprint density at radius 3 is 2.62 bits per heavy atom. The fourth-order valence-electron chi connectivity index (χ4n) is 6.74. The largest absolute Gasteiger partial charge is 0.479 e. The van der Waals surface area contributed by atoms with Crippen LogP contribution in [0.1, 0.15) is 39.5 Å². The summed E-state index contributed by atoms with van der Waals surface area (Å²) in [6.07, 6.45) is 4.41. The Balaban J connectivity index is 1.80. The average Bonchev–Trinajstić information content (AvgIpc) is 2.81. The van der Waals surface area contributed by atoms with Gasteiger partial charge in [-0.15, -0.1) is 0 Å². The Morgan fingerprint density at radius 1 is 1.27 bits per heavy atom. The standard InChI is InChI=1S/C20H26O6/c1-18-5-3-10(21)7-13(18)14(22)8-11-12-4-6-20(26,17(24)25)19(12,2)9-15(23)16(11)18/h3,5,7,11-12,14-16,22-23,26H,4,6,8-9H2,1-2H3,(H,24,25)/t11-,12-,14-,15-,16+,18-,19-,20-/m0/s1. The third kappa shape index (κ3) is 1.98. The van der Waals surface area contributed by atoms with Crippen molar-refractivity contribution in [2.45, 2.75) is 57.3 Å². The highest BCUT2D eigenvalue weighted by molar-refractivity contribution is 6.01. The third-order valence-corrected chi connectivity index (χ3v) is 8.02. The van der Waals surface area contributed by atoms with Gasteiger partial charge in [-0.2, -0.15) is 0 Å². The van der Waals surface area contributed by atoms with Crippen molar-refractivity contribution in [2.24, 2.45) is 28.6 Å². The first-order chi connectivity index (χ1) is 12.0. The maximum absolute atomic E-state index is 11.8. The van der Waals surface area contributed by atoms with Crippen LogP contribution in [-0.4, -0.2) is 50.0 Å². The van der Waals surface area contributed by atoms with Crippen LogP contribution in [0.5, 0.6) is 0 Å². The molecule has 142 valence electrons. The van der Waals surface area contributed by atoms with Gasteiger partial charge in [-0.1, -0.05) is 19.9 Å². The van der Waals surface area contributed by atoms with Gasteiger partial charge in [0.2, 0.25) is 0 Å². The first-order valence-corrected chi connectivity index (χ1v) is 9.32. The van der Waals surface area contributed by atoms with Crippen LogP contribution in [0.4, 0.5) is 0 Å². The average molecular weight is 362 g/mol. The highest BCUT2D eigenvalue weighted by Gasteiger charge is 2.69. The van der Waals surface area contributed by atoms with Crippen LogP contribution in [-0.2, 0) is 9.59 Å². The van der Waals surface area contributed by atoms with Gasteiger partial charge < -0.3 is 20.4 Å². The molecule has 0 unspecified atom stereocenters. The van der Waals surface area contributed by atoms with E-state index < -0.39 is 34.6 Å². The van der Waals surface area contributed by atoms with Crippen LogP contribution >= 0.6 is 0 Å². The number of hydrogen-bond donors (Lipinski definition) is 4. The van der Waals surface area contributed by atoms with E-state index in [1.54, 1.807) is 13.0 Å². The molecule has 3 saturated carbocycles. The molecule has 26 heavy (non-hydrogen) atoms. The van der Waals surface area contributed by atoms with E-state index in [9.17, 15) is 30.0 Å². The molecule has 8 atom stereocenters. The number of carbonyl (C=O) groups excluding carboxylic acids is 1. The molecule has 0 heterocycles. The van der Waals surface area contributed by atoms with Crippen molar-refractivity contribution < 1.29 is 30.0 Å². The molecule has 4 N–H and O–H groups in total. The van der Waals surface area contributed by atoms with Gasteiger partial charge in [0, 0.05) is 16.7 Å². The van der Waals surface area contributed by atoms with E-state index in [1.165, 1.54) is 12.2 Å². The zero-order valence-corrected chi connectivity index (χ0v) is 15.1. The van der Waals surface area contributed by atoms with Crippen LogP contribution in [0.25, 0.3) is 0 Å². The highest BCUT2D eigenvalue weighted by atomic mass is 16.4. The second-order valence-corrected chi connectivity index (χ2v) is 9.06. The number of carboxylic acid groups (broad SMARTS) is 1. The van der Waals surface area contributed by atoms with Crippen molar-refractivity contribution in [1.29, 1.82) is 0 Å². The first-order valence-electron chi connectivity index (χ1n) is 9.32. The first kappa shape index (κ1) is 17.9. The van der Waals surface area contributed by atoms with Gasteiger partial charge in [-0.3, -0.25) is 4.79 Å². The van der Waals surface area contributed by atoms with E-state index >= 15 is 0 Å². The van der Waals surface area contributed by atoms with E-state index in [0.717, 1.165) is 0 Å². The summed E-state index contributed by atoms with van der Waals surface area (Å²) in [5.41, 5.74) is -2.80. The Hall–Kier alpha value is -1.50. The topological polar surface area (TPSA) is 115 Å². The van der Waals surface area contributed by atoms with Gasteiger partial charge in [0.05, 0.1) is 12.2 Å². The summed E-state index contributed by atoms with van der Waals surface area (Å²) in [4.78, 5) is 23.6. The number of allylic oxidation sites excluding steroid dienone is 3. The smallest absolute Gasteiger partial charge is 0.336 e. The molecular formula is C20H26O6. The molecule has 0 aromatic rings. The van der Waals surface area contributed by atoms with Gasteiger partial charge in [0.15, 0.2) is 11.4 Å². The Kier molecular flexibility index (Phi) is 3.63. The fourth-order valence-corrected chi connectivity index (χ4v) is 6.74. The Bertz CT molecular complexity index is 741. The molecule has 6 nitrogen and oxygen atoms in total. The third-order valence-electron chi connectivity index (χ3n) is 8.02. The summed E-state index contributed by atoms with van der Waals surface area (Å²) in [6.45, 7) is 3.70. The summed E-state index contributed by atoms with van der Waals surface area (Å²) < 4.78 is 0. The summed E-state index contributed by atoms with van der Waals surface area (Å²) in [5.74, 6) is -1.83. The quantitative estimate of drug-likeness (QED) is 0.554. The molecule has 4 aliphatic carbocycles. The van der Waals surface area contributed by atoms with E-state index in [2.05, 4.69) is 0 Å². The molecule has 0 amide bonds. The van der Waals surface area contributed by atoms with Gasteiger partial charge in [-0.05, 0) is 55.2 Å². The lowest BCUT2D eigenvalue weighted by Gasteiger charge is -2.60. The zero-order chi connectivity index (χ0) is 19.1. The molecule has 6 heteroatoms. The lowest BCUT2D eigenvalue weighted by Crippen LogP contribution is -2.62. The number of fused-ring (bicyclic) bond motifs is 5. The predicted octanol–water partition coefficient (Wildman–Crippen LogP) is 1.05. The molecule has 0 bridgehead atoms. The van der Waals surface area contributed by atoms with Crippen molar-refractivity contribution >= 4 is 11.8 Å². The highest BCUT2D eigenvalue weighted by Crippen LogP contribution is 2.66. The second-order valence-electron chi connectivity index (χ2n) is 9.06. The van der Waals surface area contributed by atoms with Crippen LogP contribution in [0.3, 0.4) is 0 Å². The SMILES string of the molecule is C[C@]12C=CC(=O)C=C1[C@@H](O)C[C@@H]1[C@@H]2[C@@H](O)C[C@@]2(C)[C@H]1CC[C@]2(O)C(=O)O. The second kappa shape index (κ2) is 5.27. The van der Waals surface area contributed by atoms with Gasteiger partial charge >= 0.3 is 5.97 Å². The molecule has 0 radical (unpaired) electrons. The maximum Gasteiger partial charge on any atom is 0.336 e. The van der Waals surface area contributed by atoms with Crippen molar-refractivity contribution in [3.05, 3.63) is 23.8 Å². The van der Waals surface area contributed by atoms with Crippen LogP contribution in [0.15, 0.2) is 23.8 Å². The number of aliphatic hydroxyl groups excluding tert-OH is 2. The van der Waals surface area contributed by atoms with Crippen molar-refractivity contribution in [3.8, 4) is 0 Å². The number of carbonyl (C=O) groups is 2. The fraction of sp³-hybridized carbons (Fsp3) is 0.700. The number of ketones is 1. The molecule has 0 aromatic heterocycles. The molecule has 0 spiro atoms. The molecule has 4 rings (SSSR count). The molecule has 3 fully saturated rings. The molecule has 4 aliphatic rings. The normalized spacial score (nSPS) is 52.7. The van der Waals surface area contributed by atoms with Crippen molar-refractivity contribution in [3.63, 3.8) is 0 Å². The summed E-state index contributed by atoms with van der Waals surface area (Å²) in [7, 11) is 0. The van der Waals surface area contributed by atoms with E-state index in [-0.39, 0.29) is 36.4 Å². The number of carboxylic acids is 1. The number of aliphatic carboxylic acids is 1. The minimum atomic E-state index is -1.86. The van der Waals surface area contributed by atoms with Crippen LogP contribution in [0, 0.1) is 28.6 Å². The molecule has 0 saturated heterocycles. The Morgan fingerprint density at radius 2 is 1.96 bits per heavy atom. The Labute approximate surface area is 152 Å². The molecule has 0 aromatic carbocycles. The predicted molar refractivity (Wildman–Crippen MR) is 92.0 cm³/mol. The lowest BCUT2D eigenvalue weighted by atomic mass is 9.46. The van der Waals surface area contributed by atoms with Crippen molar-refractivity contribution in [2.75, 3.05) is 0 Å². The summed E-state index contributed by atoms with van der Waals surface area (Å²) in [5, 5.41) is 42.3.